The first-order chi connectivity index (χ1) is 8.13. The molecule has 0 fully saturated rings. The van der Waals surface area contributed by atoms with Gasteiger partial charge in [0.1, 0.15) is 11.8 Å². The van der Waals surface area contributed by atoms with E-state index in [1.165, 1.54) is 6.07 Å². The Labute approximate surface area is 109 Å². The smallest absolute Gasteiger partial charge is 0.370 e. The minimum absolute atomic E-state index is 0.0735. The lowest BCUT2D eigenvalue weighted by Crippen LogP contribution is -2.40. The molecule has 0 unspecified atom stereocenters. The lowest BCUT2D eigenvalue weighted by molar-refractivity contribution is -0.297. The van der Waals surface area contributed by atoms with Gasteiger partial charge in [-0.1, -0.05) is 23.2 Å². The molecule has 0 N–H and O–H groups in total. The molecule has 0 spiro atoms. The van der Waals surface area contributed by atoms with E-state index in [0.717, 1.165) is 6.20 Å². The van der Waals surface area contributed by atoms with Gasteiger partial charge in [0.05, 0.1) is 11.6 Å². The van der Waals surface area contributed by atoms with Crippen LogP contribution in [-0.2, 0) is 11.3 Å². The maximum absolute atomic E-state index is 12.5. The largest absolute Gasteiger partial charge is 0.455 e. The van der Waals surface area contributed by atoms with Gasteiger partial charge < -0.3 is 4.74 Å². The first kappa shape index (κ1) is 15.4. The van der Waals surface area contributed by atoms with Crippen LogP contribution in [0.3, 0.4) is 0 Å². The average Bonchev–Trinajstić information content (AvgIpc) is 2.19. The summed E-state index contributed by atoms with van der Waals surface area (Å²) in [6.45, 7) is -2.30. The number of aromatic nitrogens is 1. The number of halogens is 7. The van der Waals surface area contributed by atoms with Crippen LogP contribution in [0, 0.1) is 0 Å². The van der Waals surface area contributed by atoms with Crippen molar-refractivity contribution in [2.45, 2.75) is 18.7 Å². The summed E-state index contributed by atoms with van der Waals surface area (Å²) < 4.78 is 64.7. The zero-order valence-corrected chi connectivity index (χ0v) is 10.1. The fraction of sp³-hybridized carbons (Fsp3) is 0.444. The highest BCUT2D eigenvalue weighted by atomic mass is 35.5. The Hall–Kier alpha value is -0.660. The van der Waals surface area contributed by atoms with Gasteiger partial charge in [-0.3, -0.25) is 0 Å². The minimum atomic E-state index is -5.64. The minimum Gasteiger partial charge on any atom is -0.370 e. The molecule has 0 bridgehead atoms. The Kier molecular flexibility index (Phi) is 4.74. The van der Waals surface area contributed by atoms with Crippen molar-refractivity contribution in [1.29, 1.82) is 0 Å². The molecule has 0 amide bonds. The van der Waals surface area contributed by atoms with Gasteiger partial charge in [-0.15, -0.1) is 0 Å². The van der Waals surface area contributed by atoms with Gasteiger partial charge in [0.2, 0.25) is 0 Å². The maximum atomic E-state index is 12.5. The summed E-state index contributed by atoms with van der Waals surface area (Å²) >= 11 is 11.1. The lowest BCUT2D eigenvalue weighted by atomic mass is 10.3. The molecule has 0 atom stereocenters. The number of rotatable bonds is 4. The Balaban J connectivity index is 2.57. The zero-order valence-electron chi connectivity index (χ0n) is 8.57. The molecule has 0 aliphatic heterocycles. The highest BCUT2D eigenvalue weighted by molar-refractivity contribution is 6.34. The molecule has 1 aromatic rings. The molecule has 9 heteroatoms. The molecule has 1 rings (SSSR count). The monoisotopic (exact) mass is 309 g/mol. The van der Waals surface area contributed by atoms with E-state index in [1.54, 1.807) is 0 Å². The fourth-order valence-electron chi connectivity index (χ4n) is 0.913. The van der Waals surface area contributed by atoms with Gasteiger partial charge in [-0.05, 0) is 6.07 Å². The van der Waals surface area contributed by atoms with E-state index in [4.69, 9.17) is 23.2 Å². The van der Waals surface area contributed by atoms with E-state index >= 15 is 0 Å². The quantitative estimate of drug-likeness (QED) is 0.617. The van der Waals surface area contributed by atoms with Crippen LogP contribution < -0.4 is 0 Å². The third-order valence-electron chi connectivity index (χ3n) is 1.85. The van der Waals surface area contributed by atoms with Crippen LogP contribution in [0.1, 0.15) is 5.56 Å². The standard InChI is InChI=1S/C9H6Cl2F5NO/c10-6-1-7(11)17-2-5(6)3-18-4-8(12,13)9(14,15)16/h1-2H,3-4H2. The molecule has 102 valence electrons. The third-order valence-corrected chi connectivity index (χ3v) is 2.41. The van der Waals surface area contributed by atoms with Crippen LogP contribution in [0.4, 0.5) is 22.0 Å². The number of pyridine rings is 1. The fourth-order valence-corrected chi connectivity index (χ4v) is 1.33. The Bertz CT molecular complexity index is 424. The van der Waals surface area contributed by atoms with E-state index < -0.39 is 25.3 Å². The normalized spacial score (nSPS) is 12.8. The van der Waals surface area contributed by atoms with Crippen LogP contribution in [0.2, 0.25) is 10.2 Å². The molecule has 1 aromatic heterocycles. The first-order valence-corrected chi connectivity index (χ1v) is 5.21. The highest BCUT2D eigenvalue weighted by Crippen LogP contribution is 2.35. The van der Waals surface area contributed by atoms with Gasteiger partial charge in [0.15, 0.2) is 0 Å². The summed E-state index contributed by atoms with van der Waals surface area (Å²) in [6.07, 6.45) is -4.51. The number of nitrogens with zero attached hydrogens (tertiary/aromatic N) is 1. The number of ether oxygens (including phenoxy) is 1. The van der Waals surface area contributed by atoms with Crippen LogP contribution >= 0.6 is 23.2 Å². The molecule has 0 saturated heterocycles. The SMILES string of the molecule is FC(F)(F)C(F)(F)COCc1cnc(Cl)cc1Cl. The summed E-state index contributed by atoms with van der Waals surface area (Å²) in [5.41, 5.74) is 0.166. The molecule has 0 radical (unpaired) electrons. The third kappa shape index (κ3) is 3.93. The first-order valence-electron chi connectivity index (χ1n) is 4.46. The van der Waals surface area contributed by atoms with Crippen LogP contribution in [0.5, 0.6) is 0 Å². The van der Waals surface area contributed by atoms with Gasteiger partial charge in [-0.2, -0.15) is 22.0 Å². The summed E-state index contributed by atoms with van der Waals surface area (Å²) in [5, 5.41) is 0.148. The molecule has 2 nitrogen and oxygen atoms in total. The molecule has 0 aliphatic carbocycles. The number of hydrogen-bond donors (Lipinski definition) is 0. The van der Waals surface area contributed by atoms with E-state index in [-0.39, 0.29) is 15.7 Å². The summed E-state index contributed by atoms with van der Waals surface area (Å²) in [5.74, 6) is -4.90. The molecule has 0 aliphatic rings. The summed E-state index contributed by atoms with van der Waals surface area (Å²) in [6, 6.07) is 1.23. The van der Waals surface area contributed by atoms with Crippen molar-refractivity contribution in [3.05, 3.63) is 28.0 Å². The molecule has 0 aromatic carbocycles. The zero-order chi connectivity index (χ0) is 14.0. The van der Waals surface area contributed by atoms with Gasteiger partial charge in [0, 0.05) is 11.8 Å². The second kappa shape index (κ2) is 5.54. The van der Waals surface area contributed by atoms with E-state index in [9.17, 15) is 22.0 Å². The average molecular weight is 310 g/mol. The predicted octanol–water partition coefficient (Wildman–Crippen LogP) is 4.10. The Morgan fingerprint density at radius 2 is 1.78 bits per heavy atom. The van der Waals surface area contributed by atoms with Crippen LogP contribution in [0.15, 0.2) is 12.3 Å². The van der Waals surface area contributed by atoms with E-state index in [2.05, 4.69) is 9.72 Å². The molecular formula is C9H6Cl2F5NO. The van der Waals surface area contributed by atoms with Gasteiger partial charge >= 0.3 is 12.1 Å². The van der Waals surface area contributed by atoms with Crippen molar-refractivity contribution in [2.75, 3.05) is 6.61 Å². The van der Waals surface area contributed by atoms with Crippen LogP contribution in [0.25, 0.3) is 0 Å². The number of hydrogen-bond acceptors (Lipinski definition) is 2. The van der Waals surface area contributed by atoms with Crippen molar-refractivity contribution < 1.29 is 26.7 Å². The van der Waals surface area contributed by atoms with Crippen molar-refractivity contribution in [3.63, 3.8) is 0 Å². The highest BCUT2D eigenvalue weighted by Gasteiger charge is 2.57. The summed E-state index contributed by atoms with van der Waals surface area (Å²) in [7, 11) is 0. The van der Waals surface area contributed by atoms with Crippen molar-refractivity contribution >= 4 is 23.2 Å². The topological polar surface area (TPSA) is 22.1 Å². The summed E-state index contributed by atoms with van der Waals surface area (Å²) in [4.78, 5) is 3.60. The Morgan fingerprint density at radius 3 is 2.28 bits per heavy atom. The van der Waals surface area contributed by atoms with Crippen molar-refractivity contribution in [2.24, 2.45) is 0 Å². The molecule has 0 saturated carbocycles. The van der Waals surface area contributed by atoms with Crippen molar-refractivity contribution in [3.8, 4) is 0 Å². The van der Waals surface area contributed by atoms with Gasteiger partial charge in [-0.25, -0.2) is 4.98 Å². The second-order valence-electron chi connectivity index (χ2n) is 3.29. The molecule has 1 heterocycles. The maximum Gasteiger partial charge on any atom is 0.455 e. The van der Waals surface area contributed by atoms with Crippen molar-refractivity contribution in [1.82, 2.24) is 4.98 Å². The second-order valence-corrected chi connectivity index (χ2v) is 4.09. The van der Waals surface area contributed by atoms with E-state index in [1.807, 2.05) is 0 Å². The lowest BCUT2D eigenvalue weighted by Gasteiger charge is -2.19. The Morgan fingerprint density at radius 1 is 1.17 bits per heavy atom. The van der Waals surface area contributed by atoms with Crippen LogP contribution in [-0.4, -0.2) is 23.7 Å². The molecule has 18 heavy (non-hydrogen) atoms. The molecular weight excluding hydrogens is 304 g/mol. The number of alkyl halides is 5. The van der Waals surface area contributed by atoms with E-state index in [0.29, 0.717) is 0 Å². The predicted molar refractivity (Wildman–Crippen MR) is 54.9 cm³/mol. The van der Waals surface area contributed by atoms with Gasteiger partial charge in [0.25, 0.3) is 0 Å².